The smallest absolute Gasteiger partial charge is 0.240 e. The van der Waals surface area contributed by atoms with Crippen molar-refractivity contribution in [1.82, 2.24) is 5.32 Å². The van der Waals surface area contributed by atoms with E-state index in [9.17, 15) is 14.0 Å². The van der Waals surface area contributed by atoms with Gasteiger partial charge in [0.25, 0.3) is 0 Å². The van der Waals surface area contributed by atoms with Gasteiger partial charge in [0.1, 0.15) is 11.2 Å². The first-order valence-corrected chi connectivity index (χ1v) is 8.81. The molecule has 0 aliphatic heterocycles. The number of hydrogen-bond donors (Lipinski definition) is 2. The van der Waals surface area contributed by atoms with Crippen LogP contribution >= 0.6 is 11.6 Å². The van der Waals surface area contributed by atoms with Crippen molar-refractivity contribution in [1.29, 1.82) is 0 Å². The monoisotopic (exact) mass is 374 g/mol. The molecular weight excluding hydrogens is 355 g/mol. The first-order valence-electron chi connectivity index (χ1n) is 8.43. The van der Waals surface area contributed by atoms with E-state index in [4.69, 9.17) is 11.6 Å². The van der Waals surface area contributed by atoms with Crippen molar-refractivity contribution in [3.63, 3.8) is 0 Å². The number of anilines is 1. The number of halogens is 2. The summed E-state index contributed by atoms with van der Waals surface area (Å²) in [5, 5.41) is 5.91. The van der Waals surface area contributed by atoms with Gasteiger partial charge in [-0.25, -0.2) is 4.39 Å². The van der Waals surface area contributed by atoms with E-state index < -0.39 is 5.41 Å². The summed E-state index contributed by atoms with van der Waals surface area (Å²) in [4.78, 5) is 25.2. The topological polar surface area (TPSA) is 58.2 Å². The molecule has 1 aliphatic carbocycles. The van der Waals surface area contributed by atoms with Crippen molar-refractivity contribution >= 4 is 29.1 Å². The van der Waals surface area contributed by atoms with Crippen LogP contribution in [0, 0.1) is 25.1 Å². The van der Waals surface area contributed by atoms with Gasteiger partial charge in [0.2, 0.25) is 11.8 Å². The van der Waals surface area contributed by atoms with Gasteiger partial charge in [-0.05, 0) is 49.9 Å². The maximum Gasteiger partial charge on any atom is 0.240 e. The lowest BCUT2D eigenvalue weighted by atomic mass is 10.0. The third kappa shape index (κ3) is 3.58. The van der Waals surface area contributed by atoms with Crippen molar-refractivity contribution in [2.24, 2.45) is 5.41 Å². The molecule has 0 bridgehead atoms. The van der Waals surface area contributed by atoms with Crippen molar-refractivity contribution in [3.05, 3.63) is 63.9 Å². The zero-order valence-electron chi connectivity index (χ0n) is 14.7. The Balaban J connectivity index is 1.69. The molecule has 2 N–H and O–H groups in total. The normalized spacial score (nSPS) is 14.6. The molecule has 0 heterocycles. The largest absolute Gasteiger partial charge is 0.351 e. The van der Waals surface area contributed by atoms with Crippen LogP contribution in [0.2, 0.25) is 5.02 Å². The molecule has 0 radical (unpaired) electrons. The highest BCUT2D eigenvalue weighted by Gasteiger charge is 2.56. The van der Waals surface area contributed by atoms with E-state index in [1.807, 2.05) is 19.9 Å². The maximum atomic E-state index is 13.7. The fourth-order valence-electron chi connectivity index (χ4n) is 2.98. The number of carbonyl (C=O) groups excluding carboxylic acids is 2. The summed E-state index contributed by atoms with van der Waals surface area (Å²) in [5.41, 5.74) is 1.64. The Hall–Kier alpha value is -2.40. The van der Waals surface area contributed by atoms with Crippen LogP contribution in [0.25, 0.3) is 0 Å². The molecule has 0 saturated heterocycles. The number of carbonyl (C=O) groups is 2. The third-order valence-corrected chi connectivity index (χ3v) is 4.98. The van der Waals surface area contributed by atoms with Crippen molar-refractivity contribution in [3.8, 4) is 0 Å². The predicted octanol–water partition coefficient (Wildman–Crippen LogP) is 4.13. The van der Waals surface area contributed by atoms with Gasteiger partial charge < -0.3 is 10.6 Å². The standard InChI is InChI=1S/C20H20ClFN2O2/c1-12-9-13(2)17(15(21)10-12)24-19(26)20(7-8-20)18(25)23-11-14-5-3-4-6-16(14)22/h3-6,9-10H,7-8,11H2,1-2H3,(H,23,25)(H,24,26). The Morgan fingerprint density at radius 2 is 1.85 bits per heavy atom. The Bertz CT molecular complexity index is 855. The molecule has 2 aromatic rings. The summed E-state index contributed by atoms with van der Waals surface area (Å²) in [7, 11) is 0. The van der Waals surface area contributed by atoms with Gasteiger partial charge in [0, 0.05) is 12.1 Å². The van der Waals surface area contributed by atoms with Gasteiger partial charge in [0.05, 0.1) is 10.7 Å². The molecule has 4 nitrogen and oxygen atoms in total. The highest BCUT2D eigenvalue weighted by atomic mass is 35.5. The Kier molecular flexibility index (Phi) is 5.01. The molecule has 2 amide bonds. The first-order chi connectivity index (χ1) is 12.3. The highest BCUT2D eigenvalue weighted by molar-refractivity contribution is 6.34. The number of rotatable bonds is 5. The van der Waals surface area contributed by atoms with Crippen molar-refractivity contribution in [2.45, 2.75) is 33.2 Å². The van der Waals surface area contributed by atoms with E-state index in [1.54, 1.807) is 24.3 Å². The summed E-state index contributed by atoms with van der Waals surface area (Å²) in [6.45, 7) is 3.82. The van der Waals surface area contributed by atoms with Crippen LogP contribution in [-0.2, 0) is 16.1 Å². The molecule has 6 heteroatoms. The number of hydrogen-bond acceptors (Lipinski definition) is 2. The summed E-state index contributed by atoms with van der Waals surface area (Å²) in [5.74, 6) is -1.15. The van der Waals surface area contributed by atoms with Crippen LogP contribution in [0.3, 0.4) is 0 Å². The summed E-state index contributed by atoms with van der Waals surface area (Å²) in [6.07, 6.45) is 0.926. The molecule has 0 spiro atoms. The van der Waals surface area contributed by atoms with E-state index in [0.29, 0.717) is 29.1 Å². The highest BCUT2D eigenvalue weighted by Crippen LogP contribution is 2.47. The maximum absolute atomic E-state index is 13.7. The Morgan fingerprint density at radius 3 is 2.46 bits per heavy atom. The molecule has 26 heavy (non-hydrogen) atoms. The number of nitrogens with one attached hydrogen (secondary N) is 2. The quantitative estimate of drug-likeness (QED) is 0.773. The molecule has 0 aromatic heterocycles. The van der Waals surface area contributed by atoms with E-state index in [-0.39, 0.29) is 24.2 Å². The lowest BCUT2D eigenvalue weighted by molar-refractivity contribution is -0.134. The molecule has 1 saturated carbocycles. The molecule has 136 valence electrons. The number of benzene rings is 2. The molecule has 1 fully saturated rings. The molecule has 0 unspecified atom stereocenters. The van der Waals surface area contributed by atoms with Crippen LogP contribution < -0.4 is 10.6 Å². The number of amides is 2. The summed E-state index contributed by atoms with van der Waals surface area (Å²) < 4.78 is 13.7. The summed E-state index contributed by atoms with van der Waals surface area (Å²) in [6, 6.07) is 9.91. The molecule has 2 aromatic carbocycles. The molecule has 0 atom stereocenters. The van der Waals surface area contributed by atoms with Crippen LogP contribution in [0.15, 0.2) is 36.4 Å². The minimum Gasteiger partial charge on any atom is -0.351 e. The third-order valence-electron chi connectivity index (χ3n) is 4.69. The van der Waals surface area contributed by atoms with E-state index in [1.165, 1.54) is 6.07 Å². The van der Waals surface area contributed by atoms with Gasteiger partial charge in [-0.1, -0.05) is 35.9 Å². The molecular formula is C20H20ClFN2O2. The average molecular weight is 375 g/mol. The van der Waals surface area contributed by atoms with Gasteiger partial charge >= 0.3 is 0 Å². The van der Waals surface area contributed by atoms with Crippen molar-refractivity contribution in [2.75, 3.05) is 5.32 Å². The first kappa shape index (κ1) is 18.4. The second kappa shape index (κ2) is 7.08. The van der Waals surface area contributed by atoms with Crippen LogP contribution in [-0.4, -0.2) is 11.8 Å². The van der Waals surface area contributed by atoms with Gasteiger partial charge in [-0.2, -0.15) is 0 Å². The van der Waals surface area contributed by atoms with Gasteiger partial charge in [0.15, 0.2) is 0 Å². The second-order valence-corrected chi connectivity index (χ2v) is 7.16. The minimum atomic E-state index is -1.11. The van der Waals surface area contributed by atoms with Crippen LogP contribution in [0.5, 0.6) is 0 Å². The van der Waals surface area contributed by atoms with Crippen LogP contribution in [0.1, 0.15) is 29.5 Å². The van der Waals surface area contributed by atoms with E-state index >= 15 is 0 Å². The van der Waals surface area contributed by atoms with E-state index in [2.05, 4.69) is 10.6 Å². The van der Waals surface area contributed by atoms with E-state index in [0.717, 1.165) is 11.1 Å². The fourth-order valence-corrected chi connectivity index (χ4v) is 3.34. The van der Waals surface area contributed by atoms with Gasteiger partial charge in [-0.3, -0.25) is 9.59 Å². The molecule has 3 rings (SSSR count). The molecule has 1 aliphatic rings. The number of aryl methyl sites for hydroxylation is 2. The van der Waals surface area contributed by atoms with Crippen molar-refractivity contribution < 1.29 is 14.0 Å². The second-order valence-electron chi connectivity index (χ2n) is 6.75. The Labute approximate surface area is 156 Å². The minimum absolute atomic E-state index is 0.0465. The fraction of sp³-hybridized carbons (Fsp3) is 0.300. The summed E-state index contributed by atoms with van der Waals surface area (Å²) >= 11 is 6.23. The zero-order chi connectivity index (χ0) is 18.9. The zero-order valence-corrected chi connectivity index (χ0v) is 15.4. The lowest BCUT2D eigenvalue weighted by Crippen LogP contribution is -2.40. The van der Waals surface area contributed by atoms with Crippen LogP contribution in [0.4, 0.5) is 10.1 Å². The lowest BCUT2D eigenvalue weighted by Gasteiger charge is -2.18. The predicted molar refractivity (Wildman–Crippen MR) is 99.5 cm³/mol. The Morgan fingerprint density at radius 1 is 1.15 bits per heavy atom. The van der Waals surface area contributed by atoms with Gasteiger partial charge in [-0.15, -0.1) is 0 Å². The average Bonchev–Trinajstić information content (AvgIpc) is 3.39. The SMILES string of the molecule is Cc1cc(C)c(NC(=O)C2(C(=O)NCc3ccccc3F)CC2)c(Cl)c1.